The summed E-state index contributed by atoms with van der Waals surface area (Å²) in [4.78, 5) is 9.83. The zero-order valence-electron chi connectivity index (χ0n) is 3.83. The number of hydrogen-bond acceptors (Lipinski definition) is 2. The molecule has 0 aromatic carbocycles. The molecule has 0 N–H and O–H groups in total. The van der Waals surface area contributed by atoms with Crippen LogP contribution in [0.1, 0.15) is 0 Å². The summed E-state index contributed by atoms with van der Waals surface area (Å²) < 4.78 is 4.82. The molecule has 1 rings (SSSR count). The Kier molecular flexibility index (Phi) is 1.22. The van der Waals surface area contributed by atoms with Crippen LogP contribution in [0.2, 0.25) is 0 Å². The van der Waals surface area contributed by atoms with Crippen molar-refractivity contribution in [3.8, 4) is 0 Å². The highest BCUT2D eigenvalue weighted by Crippen LogP contribution is 1.97. The van der Waals surface area contributed by atoms with E-state index in [1.165, 1.54) is 0 Å². The molecule has 0 spiro atoms. The Morgan fingerprint density at radius 3 is 3.00 bits per heavy atom. The van der Waals surface area contributed by atoms with Gasteiger partial charge in [-0.2, -0.15) is 0 Å². The lowest BCUT2D eigenvalue weighted by molar-refractivity contribution is -0.114. The lowest BCUT2D eigenvalue weighted by Gasteiger charge is -1.92. The largest absolute Gasteiger partial charge is 0.363 e. The van der Waals surface area contributed by atoms with Crippen LogP contribution in [-0.4, -0.2) is 19.0 Å². The van der Waals surface area contributed by atoms with Crippen LogP contribution in [0, 0.1) is 0 Å². The van der Waals surface area contributed by atoms with Crippen LogP contribution in [-0.2, 0) is 9.53 Å². The lowest BCUT2D eigenvalue weighted by atomic mass is 10.4. The molecule has 1 unspecified atom stereocenters. The number of carbonyl (C=O) groups excluding carboxylic acids is 1. The van der Waals surface area contributed by atoms with Crippen LogP contribution >= 0.6 is 0 Å². The number of ether oxygens (including phenoxy) is 1. The second-order valence-corrected chi connectivity index (χ2v) is 1.36. The zero-order valence-corrected chi connectivity index (χ0v) is 3.83. The van der Waals surface area contributed by atoms with E-state index in [1.54, 1.807) is 6.08 Å². The van der Waals surface area contributed by atoms with Gasteiger partial charge in [0, 0.05) is 0 Å². The highest BCUT2D eigenvalue weighted by molar-refractivity contribution is 5.59. The fraction of sp³-hybridized carbons (Fsp3) is 0.400. The van der Waals surface area contributed by atoms with Gasteiger partial charge >= 0.3 is 0 Å². The zero-order chi connectivity index (χ0) is 5.11. The third kappa shape index (κ3) is 0.871. The molecule has 0 saturated carbocycles. The molecule has 1 aliphatic heterocycles. The van der Waals surface area contributed by atoms with Gasteiger partial charge in [-0.1, -0.05) is 12.2 Å². The fourth-order valence-corrected chi connectivity index (χ4v) is 0.497. The van der Waals surface area contributed by atoms with E-state index >= 15 is 0 Å². The van der Waals surface area contributed by atoms with Crippen molar-refractivity contribution in [1.82, 2.24) is 0 Å². The third-order valence-corrected chi connectivity index (χ3v) is 0.845. The first-order valence-corrected chi connectivity index (χ1v) is 2.17. The van der Waals surface area contributed by atoms with Crippen molar-refractivity contribution in [2.24, 2.45) is 0 Å². The molecule has 0 fully saturated rings. The van der Waals surface area contributed by atoms with E-state index in [1.807, 2.05) is 6.08 Å². The molecular formula is C5H6O2. The quantitative estimate of drug-likeness (QED) is 0.344. The SMILES string of the molecule is O=CC1C=CCO1. The van der Waals surface area contributed by atoms with Crippen molar-refractivity contribution in [1.29, 1.82) is 0 Å². The number of carbonyl (C=O) groups is 1. The third-order valence-electron chi connectivity index (χ3n) is 0.845. The van der Waals surface area contributed by atoms with Gasteiger partial charge < -0.3 is 9.53 Å². The molecule has 7 heavy (non-hydrogen) atoms. The maximum Gasteiger partial charge on any atom is 0.152 e. The van der Waals surface area contributed by atoms with Crippen molar-refractivity contribution < 1.29 is 9.53 Å². The summed E-state index contributed by atoms with van der Waals surface area (Å²) in [6, 6.07) is 0. The van der Waals surface area contributed by atoms with Gasteiger partial charge in [0.1, 0.15) is 6.10 Å². The lowest BCUT2D eigenvalue weighted by Crippen LogP contribution is -2.04. The van der Waals surface area contributed by atoms with Crippen LogP contribution in [0.25, 0.3) is 0 Å². The van der Waals surface area contributed by atoms with Gasteiger partial charge in [-0.15, -0.1) is 0 Å². The molecule has 0 aromatic heterocycles. The highest BCUT2D eigenvalue weighted by atomic mass is 16.5. The molecule has 0 bridgehead atoms. The summed E-state index contributed by atoms with van der Waals surface area (Å²) in [6.07, 6.45) is 4.09. The molecule has 0 radical (unpaired) electrons. The Labute approximate surface area is 41.8 Å². The molecule has 1 aliphatic rings. The fourth-order valence-electron chi connectivity index (χ4n) is 0.497. The molecule has 0 amide bonds. The Morgan fingerprint density at radius 2 is 2.71 bits per heavy atom. The molecule has 38 valence electrons. The number of hydrogen-bond donors (Lipinski definition) is 0. The smallest absolute Gasteiger partial charge is 0.152 e. The minimum absolute atomic E-state index is 0.264. The highest BCUT2D eigenvalue weighted by Gasteiger charge is 2.04. The second-order valence-electron chi connectivity index (χ2n) is 1.36. The molecule has 2 nitrogen and oxygen atoms in total. The first-order chi connectivity index (χ1) is 3.43. The number of rotatable bonds is 1. The van der Waals surface area contributed by atoms with Gasteiger partial charge in [-0.25, -0.2) is 0 Å². The summed E-state index contributed by atoms with van der Waals surface area (Å²) in [5.41, 5.74) is 0. The maximum atomic E-state index is 9.83. The first-order valence-electron chi connectivity index (χ1n) is 2.17. The van der Waals surface area contributed by atoms with E-state index < -0.39 is 0 Å². The van der Waals surface area contributed by atoms with E-state index in [2.05, 4.69) is 0 Å². The Hall–Kier alpha value is -0.630. The Morgan fingerprint density at radius 1 is 1.86 bits per heavy atom. The molecule has 0 aromatic rings. The second kappa shape index (κ2) is 1.89. The summed E-state index contributed by atoms with van der Waals surface area (Å²) in [5, 5.41) is 0. The van der Waals surface area contributed by atoms with Crippen molar-refractivity contribution in [2.75, 3.05) is 6.61 Å². The average Bonchev–Trinajstić information content (AvgIpc) is 2.14. The standard InChI is InChI=1S/C5H6O2/c6-4-5-2-1-3-7-5/h1-2,4-5H,3H2. The van der Waals surface area contributed by atoms with Gasteiger partial charge in [-0.05, 0) is 0 Å². The van der Waals surface area contributed by atoms with Gasteiger partial charge in [0.25, 0.3) is 0 Å². The van der Waals surface area contributed by atoms with Gasteiger partial charge in [-0.3, -0.25) is 0 Å². The van der Waals surface area contributed by atoms with Gasteiger partial charge in [0.05, 0.1) is 6.61 Å². The van der Waals surface area contributed by atoms with Crippen LogP contribution in [0.15, 0.2) is 12.2 Å². The Bertz CT molecular complexity index is 96.3. The topological polar surface area (TPSA) is 26.3 Å². The average molecular weight is 98.1 g/mol. The monoisotopic (exact) mass is 98.0 g/mol. The van der Waals surface area contributed by atoms with E-state index in [9.17, 15) is 4.79 Å². The first kappa shape index (κ1) is 4.53. The summed E-state index contributed by atoms with van der Waals surface area (Å²) in [5.74, 6) is 0. The van der Waals surface area contributed by atoms with Crippen molar-refractivity contribution in [3.63, 3.8) is 0 Å². The maximum absolute atomic E-state index is 9.83. The minimum Gasteiger partial charge on any atom is -0.363 e. The summed E-state index contributed by atoms with van der Waals surface area (Å²) in [7, 11) is 0. The van der Waals surface area contributed by atoms with Gasteiger partial charge in [0.2, 0.25) is 0 Å². The minimum atomic E-state index is -0.264. The Balaban J connectivity index is 2.42. The summed E-state index contributed by atoms with van der Waals surface area (Å²) in [6.45, 7) is 0.587. The van der Waals surface area contributed by atoms with E-state index in [4.69, 9.17) is 4.74 Å². The molecule has 1 atom stereocenters. The van der Waals surface area contributed by atoms with Crippen LogP contribution in [0.3, 0.4) is 0 Å². The normalized spacial score (nSPS) is 28.3. The molecule has 0 aliphatic carbocycles. The van der Waals surface area contributed by atoms with E-state index in [0.717, 1.165) is 6.29 Å². The predicted molar refractivity (Wildman–Crippen MR) is 24.9 cm³/mol. The van der Waals surface area contributed by atoms with Gasteiger partial charge in [0.15, 0.2) is 6.29 Å². The van der Waals surface area contributed by atoms with Crippen molar-refractivity contribution in [2.45, 2.75) is 6.10 Å². The van der Waals surface area contributed by atoms with Crippen molar-refractivity contribution >= 4 is 6.29 Å². The van der Waals surface area contributed by atoms with Crippen LogP contribution in [0.4, 0.5) is 0 Å². The molecular weight excluding hydrogens is 92.1 g/mol. The van der Waals surface area contributed by atoms with Crippen molar-refractivity contribution in [3.05, 3.63) is 12.2 Å². The van der Waals surface area contributed by atoms with Crippen LogP contribution < -0.4 is 0 Å². The molecule has 0 saturated heterocycles. The molecule has 2 heteroatoms. The van der Waals surface area contributed by atoms with E-state index in [0.29, 0.717) is 6.61 Å². The van der Waals surface area contributed by atoms with Crippen LogP contribution in [0.5, 0.6) is 0 Å². The summed E-state index contributed by atoms with van der Waals surface area (Å²) >= 11 is 0. The predicted octanol–water partition coefficient (Wildman–Crippen LogP) is 0.140. The molecule has 1 heterocycles. The number of aldehydes is 1. The van der Waals surface area contributed by atoms with E-state index in [-0.39, 0.29) is 6.10 Å².